The van der Waals surface area contributed by atoms with Gasteiger partial charge in [-0.1, -0.05) is 36.4 Å². The normalized spacial score (nSPS) is 14.2. The first kappa shape index (κ1) is 19.1. The lowest BCUT2D eigenvalue weighted by atomic mass is 9.80. The molecule has 0 saturated carbocycles. The number of rotatable bonds is 2. The predicted molar refractivity (Wildman–Crippen MR) is 121 cm³/mol. The molecule has 1 heteroatoms. The van der Waals surface area contributed by atoms with Crippen LogP contribution < -0.4 is 4.74 Å². The van der Waals surface area contributed by atoms with Crippen molar-refractivity contribution in [3.63, 3.8) is 0 Å². The van der Waals surface area contributed by atoms with Crippen LogP contribution in [0.1, 0.15) is 61.4 Å². The molecule has 4 rings (SSSR count). The highest BCUT2D eigenvalue weighted by Crippen LogP contribution is 2.46. The second-order valence-electron chi connectivity index (χ2n) is 9.37. The molecule has 3 aromatic rings. The van der Waals surface area contributed by atoms with Crippen LogP contribution in [0.4, 0.5) is 0 Å². The van der Waals surface area contributed by atoms with E-state index in [2.05, 4.69) is 77.9 Å². The van der Waals surface area contributed by atoms with Crippen molar-refractivity contribution in [3.8, 4) is 16.9 Å². The minimum absolute atomic E-state index is 0.226. The third kappa shape index (κ3) is 3.32. The van der Waals surface area contributed by atoms with E-state index in [9.17, 15) is 0 Å². The second kappa shape index (κ2) is 6.95. The molecule has 0 bridgehead atoms. The van der Waals surface area contributed by atoms with E-state index in [0.717, 1.165) is 12.2 Å². The number of hydrogen-bond donors (Lipinski definition) is 0. The summed E-state index contributed by atoms with van der Waals surface area (Å²) in [5.74, 6) is 1.08. The first-order chi connectivity index (χ1) is 13.3. The number of hydrogen-bond acceptors (Lipinski definition) is 1. The van der Waals surface area contributed by atoms with E-state index < -0.39 is 0 Å². The van der Waals surface area contributed by atoms with Crippen LogP contribution in [0.2, 0.25) is 0 Å². The molecular weight excluding hydrogens is 340 g/mol. The Morgan fingerprint density at radius 2 is 1.54 bits per heavy atom. The zero-order valence-corrected chi connectivity index (χ0v) is 18.2. The van der Waals surface area contributed by atoms with Crippen LogP contribution in [-0.4, -0.2) is 5.60 Å². The third-order valence-corrected chi connectivity index (χ3v) is 6.02. The van der Waals surface area contributed by atoms with Crippen LogP contribution in [0, 0.1) is 20.8 Å². The molecule has 0 heterocycles. The highest BCUT2D eigenvalue weighted by molar-refractivity contribution is 6.01. The van der Waals surface area contributed by atoms with Crippen LogP contribution >= 0.6 is 0 Å². The molecule has 0 fully saturated rings. The van der Waals surface area contributed by atoms with Crippen molar-refractivity contribution >= 4 is 10.8 Å². The van der Waals surface area contributed by atoms with Gasteiger partial charge in [-0.05, 0) is 111 Å². The molecule has 0 unspecified atom stereocenters. The molecule has 0 radical (unpaired) electrons. The van der Waals surface area contributed by atoms with Crippen molar-refractivity contribution < 1.29 is 4.74 Å². The number of fused-ring (bicyclic) bond motifs is 2. The zero-order valence-electron chi connectivity index (χ0n) is 18.2. The van der Waals surface area contributed by atoms with Crippen LogP contribution in [0.15, 0.2) is 36.4 Å². The maximum Gasteiger partial charge on any atom is 0.131 e. The summed E-state index contributed by atoms with van der Waals surface area (Å²) >= 11 is 0. The Morgan fingerprint density at radius 3 is 2.29 bits per heavy atom. The van der Waals surface area contributed by atoms with Crippen molar-refractivity contribution in [1.29, 1.82) is 0 Å². The summed E-state index contributed by atoms with van der Waals surface area (Å²) in [6.07, 6.45) is 4.88. The maximum absolute atomic E-state index is 6.63. The molecule has 0 aromatic heterocycles. The molecule has 3 aromatic carbocycles. The van der Waals surface area contributed by atoms with Crippen molar-refractivity contribution in [2.45, 2.75) is 72.8 Å². The van der Waals surface area contributed by atoms with Gasteiger partial charge in [0.15, 0.2) is 0 Å². The Kier molecular flexibility index (Phi) is 4.73. The highest BCUT2D eigenvalue weighted by atomic mass is 16.5. The molecule has 0 atom stereocenters. The molecule has 1 aliphatic carbocycles. The Balaban J connectivity index is 2.14. The molecule has 28 heavy (non-hydrogen) atoms. The van der Waals surface area contributed by atoms with E-state index in [0.29, 0.717) is 0 Å². The zero-order chi connectivity index (χ0) is 20.1. The summed E-state index contributed by atoms with van der Waals surface area (Å²) in [6, 6.07) is 13.5. The fourth-order valence-electron chi connectivity index (χ4n) is 4.65. The molecular formula is C27H32O. The van der Waals surface area contributed by atoms with Gasteiger partial charge in [0.1, 0.15) is 11.4 Å². The van der Waals surface area contributed by atoms with Gasteiger partial charge in [0, 0.05) is 5.56 Å². The largest absolute Gasteiger partial charge is 0.487 e. The minimum Gasteiger partial charge on any atom is -0.487 e. The molecule has 0 spiro atoms. The molecule has 1 nitrogen and oxygen atoms in total. The van der Waals surface area contributed by atoms with Crippen molar-refractivity contribution in [2.24, 2.45) is 0 Å². The van der Waals surface area contributed by atoms with E-state index in [-0.39, 0.29) is 5.60 Å². The standard InChI is InChI=1S/C27H32O/c1-17-15-20-11-7-9-13-22(20)24(19(17)3)25-23-14-10-8-12-21(23)16-18(2)26(25)28-27(4,5)6/h7,9,11,13,15-16H,8,10,12,14H2,1-6H3. The van der Waals surface area contributed by atoms with Crippen LogP contribution in [0.5, 0.6) is 5.75 Å². The quantitative estimate of drug-likeness (QED) is 0.453. The Labute approximate surface area is 169 Å². The van der Waals surface area contributed by atoms with Gasteiger partial charge in [0.05, 0.1) is 0 Å². The minimum atomic E-state index is -0.226. The van der Waals surface area contributed by atoms with Crippen molar-refractivity contribution in [2.75, 3.05) is 0 Å². The summed E-state index contributed by atoms with van der Waals surface area (Å²) < 4.78 is 6.63. The molecule has 1 aliphatic rings. The van der Waals surface area contributed by atoms with Gasteiger partial charge in [0.25, 0.3) is 0 Å². The number of aryl methyl sites for hydroxylation is 3. The topological polar surface area (TPSA) is 9.23 Å². The van der Waals surface area contributed by atoms with Gasteiger partial charge in [0.2, 0.25) is 0 Å². The van der Waals surface area contributed by atoms with E-state index >= 15 is 0 Å². The monoisotopic (exact) mass is 372 g/mol. The average Bonchev–Trinajstić information content (AvgIpc) is 2.63. The van der Waals surface area contributed by atoms with Gasteiger partial charge in [-0.25, -0.2) is 0 Å². The van der Waals surface area contributed by atoms with Gasteiger partial charge in [-0.2, -0.15) is 0 Å². The fraction of sp³-hybridized carbons (Fsp3) is 0.407. The first-order valence-electron chi connectivity index (χ1n) is 10.6. The molecule has 0 N–H and O–H groups in total. The van der Waals surface area contributed by atoms with E-state index in [1.807, 2.05) is 0 Å². The lowest BCUT2D eigenvalue weighted by molar-refractivity contribution is 0.130. The number of benzene rings is 3. The molecule has 0 saturated heterocycles. The predicted octanol–water partition coefficient (Wildman–Crippen LogP) is 7.49. The SMILES string of the molecule is Cc1cc2ccccc2c(-c2c3c(cc(C)c2OC(C)(C)C)CCCC3)c1C. The summed E-state index contributed by atoms with van der Waals surface area (Å²) in [5, 5.41) is 2.65. The maximum atomic E-state index is 6.63. The van der Waals surface area contributed by atoms with Gasteiger partial charge >= 0.3 is 0 Å². The highest BCUT2D eigenvalue weighted by Gasteiger charge is 2.26. The average molecular weight is 373 g/mol. The van der Waals surface area contributed by atoms with Crippen LogP contribution in [0.3, 0.4) is 0 Å². The van der Waals surface area contributed by atoms with Crippen molar-refractivity contribution in [3.05, 3.63) is 64.2 Å². The van der Waals surface area contributed by atoms with Gasteiger partial charge in [-0.3, -0.25) is 0 Å². The van der Waals surface area contributed by atoms with E-state index in [1.165, 1.54) is 69.0 Å². The van der Waals surface area contributed by atoms with E-state index in [1.54, 1.807) is 0 Å². The summed E-state index contributed by atoms with van der Waals surface area (Å²) in [5.41, 5.74) is 9.50. The lowest BCUT2D eigenvalue weighted by Gasteiger charge is -2.30. The molecule has 0 amide bonds. The van der Waals surface area contributed by atoms with Gasteiger partial charge < -0.3 is 4.74 Å². The Hall–Kier alpha value is -2.28. The van der Waals surface area contributed by atoms with E-state index in [4.69, 9.17) is 4.74 Å². The van der Waals surface area contributed by atoms with Crippen LogP contribution in [0.25, 0.3) is 21.9 Å². The van der Waals surface area contributed by atoms with Crippen molar-refractivity contribution in [1.82, 2.24) is 0 Å². The Morgan fingerprint density at radius 1 is 0.821 bits per heavy atom. The first-order valence-corrected chi connectivity index (χ1v) is 10.6. The molecule has 146 valence electrons. The second-order valence-corrected chi connectivity index (χ2v) is 9.37. The van der Waals surface area contributed by atoms with Gasteiger partial charge in [-0.15, -0.1) is 0 Å². The summed E-state index contributed by atoms with van der Waals surface area (Å²) in [6.45, 7) is 13.2. The Bertz CT molecular complexity index is 1050. The number of ether oxygens (including phenoxy) is 1. The molecule has 0 aliphatic heterocycles. The lowest BCUT2D eigenvalue weighted by Crippen LogP contribution is -2.24. The summed E-state index contributed by atoms with van der Waals surface area (Å²) in [4.78, 5) is 0. The fourth-order valence-corrected chi connectivity index (χ4v) is 4.65. The van der Waals surface area contributed by atoms with Crippen LogP contribution in [-0.2, 0) is 12.8 Å². The smallest absolute Gasteiger partial charge is 0.131 e. The third-order valence-electron chi connectivity index (χ3n) is 6.02. The summed E-state index contributed by atoms with van der Waals surface area (Å²) in [7, 11) is 0.